The molecule has 2 atom stereocenters. The van der Waals surface area contributed by atoms with Gasteiger partial charge in [-0.15, -0.1) is 0 Å². The van der Waals surface area contributed by atoms with E-state index in [1.807, 2.05) is 30.3 Å². The van der Waals surface area contributed by atoms with Gasteiger partial charge in [-0.3, -0.25) is 4.79 Å². The number of likely N-dealkylation sites (tertiary alicyclic amines) is 1. The number of carboxylic acids is 1. The zero-order valence-electron chi connectivity index (χ0n) is 14.3. The number of carbonyl (C=O) groups is 2. The Labute approximate surface area is 147 Å². The molecule has 5 N–H and O–H groups in total. The number of carbonyl (C=O) groups excluding carboxylic acids is 1. The minimum atomic E-state index is -1.08. The van der Waals surface area contributed by atoms with E-state index in [0.29, 0.717) is 13.1 Å². The quantitative estimate of drug-likeness (QED) is 0.715. The van der Waals surface area contributed by atoms with Gasteiger partial charge in [-0.1, -0.05) is 43.2 Å². The van der Waals surface area contributed by atoms with E-state index in [4.69, 9.17) is 11.5 Å². The zero-order chi connectivity index (χ0) is 18.1. The van der Waals surface area contributed by atoms with Crippen molar-refractivity contribution in [3.8, 4) is 0 Å². The molecule has 2 fully saturated rings. The van der Waals surface area contributed by atoms with E-state index in [-0.39, 0.29) is 17.9 Å². The Morgan fingerprint density at radius 2 is 1.64 bits per heavy atom. The Hall–Kier alpha value is -2.18. The van der Waals surface area contributed by atoms with Crippen molar-refractivity contribution in [3.63, 3.8) is 0 Å². The van der Waals surface area contributed by atoms with Crippen LogP contribution in [0.4, 0.5) is 0 Å². The van der Waals surface area contributed by atoms with E-state index in [0.717, 1.165) is 31.2 Å². The first-order chi connectivity index (χ1) is 11.8. The molecule has 0 bridgehead atoms. The van der Waals surface area contributed by atoms with E-state index in [2.05, 4.69) is 0 Å². The number of rotatable bonds is 4. The standard InChI is InChI=1S/C19H25N3O3/c20-18-8-4-5-9-19(18,21)13-22(12-18)16(23)11-15(17(24)25)10-14-6-2-1-3-7-14/h1-3,6-7,10H,4-5,8-9,11-13,20-21H2,(H,24,25)/b15-10-/t18-,19+. The molecule has 134 valence electrons. The molecule has 1 heterocycles. The van der Waals surface area contributed by atoms with Gasteiger partial charge in [0.05, 0.1) is 17.5 Å². The summed E-state index contributed by atoms with van der Waals surface area (Å²) >= 11 is 0. The van der Waals surface area contributed by atoms with Crippen molar-refractivity contribution < 1.29 is 14.7 Å². The average molecular weight is 343 g/mol. The van der Waals surface area contributed by atoms with E-state index in [9.17, 15) is 14.7 Å². The highest BCUT2D eigenvalue weighted by Crippen LogP contribution is 2.40. The normalized spacial score (nSPS) is 29.4. The maximum Gasteiger partial charge on any atom is 0.332 e. The van der Waals surface area contributed by atoms with Gasteiger partial charge in [-0.05, 0) is 24.5 Å². The fourth-order valence-electron chi connectivity index (χ4n) is 3.98. The molecule has 25 heavy (non-hydrogen) atoms. The third-order valence-corrected chi connectivity index (χ3v) is 5.54. The summed E-state index contributed by atoms with van der Waals surface area (Å²) in [6.45, 7) is 0.807. The lowest BCUT2D eigenvalue weighted by Crippen LogP contribution is -2.66. The summed E-state index contributed by atoms with van der Waals surface area (Å²) in [5.41, 5.74) is 12.7. The Balaban J connectivity index is 1.75. The van der Waals surface area contributed by atoms with Crippen LogP contribution in [0.3, 0.4) is 0 Å². The van der Waals surface area contributed by atoms with Gasteiger partial charge in [0.2, 0.25) is 5.91 Å². The predicted octanol–water partition coefficient (Wildman–Crippen LogP) is 1.36. The van der Waals surface area contributed by atoms with Crippen LogP contribution in [0.25, 0.3) is 6.08 Å². The number of nitrogens with two attached hydrogens (primary N) is 2. The Bertz CT molecular complexity index is 683. The summed E-state index contributed by atoms with van der Waals surface area (Å²) in [6, 6.07) is 9.13. The molecule has 1 saturated carbocycles. The van der Waals surface area contributed by atoms with Crippen LogP contribution >= 0.6 is 0 Å². The maximum absolute atomic E-state index is 12.7. The predicted molar refractivity (Wildman–Crippen MR) is 95.6 cm³/mol. The molecular formula is C19H25N3O3. The fourth-order valence-corrected chi connectivity index (χ4v) is 3.98. The second-order valence-corrected chi connectivity index (χ2v) is 7.33. The third-order valence-electron chi connectivity index (χ3n) is 5.54. The van der Waals surface area contributed by atoms with Gasteiger partial charge in [0, 0.05) is 18.7 Å². The molecule has 0 unspecified atom stereocenters. The van der Waals surface area contributed by atoms with E-state index >= 15 is 0 Å². The highest BCUT2D eigenvalue weighted by Gasteiger charge is 2.55. The number of nitrogens with zero attached hydrogens (tertiary/aromatic N) is 1. The molecule has 0 radical (unpaired) electrons. The van der Waals surface area contributed by atoms with Crippen LogP contribution in [0.2, 0.25) is 0 Å². The minimum absolute atomic E-state index is 0.0724. The highest BCUT2D eigenvalue weighted by molar-refractivity contribution is 5.98. The summed E-state index contributed by atoms with van der Waals surface area (Å²) in [4.78, 5) is 25.9. The third kappa shape index (κ3) is 3.45. The first-order valence-corrected chi connectivity index (χ1v) is 8.67. The fraction of sp³-hybridized carbons (Fsp3) is 0.474. The Morgan fingerprint density at radius 3 is 2.16 bits per heavy atom. The number of amides is 1. The second kappa shape index (κ2) is 6.61. The van der Waals surface area contributed by atoms with Crippen molar-refractivity contribution in [2.45, 2.75) is 43.2 Å². The van der Waals surface area contributed by atoms with Crippen molar-refractivity contribution in [2.24, 2.45) is 11.5 Å². The summed E-state index contributed by atoms with van der Waals surface area (Å²) in [6.07, 6.45) is 5.03. The number of benzene rings is 1. The molecule has 1 aromatic carbocycles. The minimum Gasteiger partial charge on any atom is -0.478 e. The lowest BCUT2D eigenvalue weighted by atomic mass is 9.70. The highest BCUT2D eigenvalue weighted by atomic mass is 16.4. The summed E-state index contributed by atoms with van der Waals surface area (Å²) in [5.74, 6) is -1.31. The number of fused-ring (bicyclic) bond motifs is 1. The van der Waals surface area contributed by atoms with Gasteiger partial charge >= 0.3 is 5.97 Å². The lowest BCUT2D eigenvalue weighted by molar-refractivity contribution is -0.136. The van der Waals surface area contributed by atoms with Crippen LogP contribution in [0.15, 0.2) is 35.9 Å². The van der Waals surface area contributed by atoms with Gasteiger partial charge in [-0.2, -0.15) is 0 Å². The lowest BCUT2D eigenvalue weighted by Gasteiger charge is -2.43. The monoisotopic (exact) mass is 343 g/mol. The molecule has 1 aliphatic carbocycles. The molecule has 6 heteroatoms. The van der Waals surface area contributed by atoms with Crippen LogP contribution in [-0.2, 0) is 9.59 Å². The molecule has 6 nitrogen and oxygen atoms in total. The van der Waals surface area contributed by atoms with Crippen molar-refractivity contribution >= 4 is 18.0 Å². The van der Waals surface area contributed by atoms with Gasteiger partial charge in [0.1, 0.15) is 0 Å². The average Bonchev–Trinajstić information content (AvgIpc) is 2.86. The first kappa shape index (κ1) is 17.6. The zero-order valence-corrected chi connectivity index (χ0v) is 14.3. The SMILES string of the molecule is N[C@@]12CCCC[C@]1(N)CN(C(=O)C/C(=C/c1ccccc1)C(=O)O)C2. The molecule has 2 aliphatic rings. The molecule has 1 aromatic rings. The van der Waals surface area contributed by atoms with Crippen LogP contribution in [0.1, 0.15) is 37.7 Å². The molecule has 1 aliphatic heterocycles. The molecule has 1 saturated heterocycles. The Kier molecular flexibility index (Phi) is 4.67. The summed E-state index contributed by atoms with van der Waals surface area (Å²) in [5, 5.41) is 9.45. The number of hydrogen-bond acceptors (Lipinski definition) is 4. The van der Waals surface area contributed by atoms with E-state index < -0.39 is 17.0 Å². The Morgan fingerprint density at radius 1 is 1.08 bits per heavy atom. The van der Waals surface area contributed by atoms with Crippen molar-refractivity contribution in [2.75, 3.05) is 13.1 Å². The topological polar surface area (TPSA) is 110 Å². The number of aliphatic carboxylic acids is 1. The molecule has 0 spiro atoms. The number of hydrogen-bond donors (Lipinski definition) is 3. The molecule has 0 aromatic heterocycles. The van der Waals surface area contributed by atoms with Crippen LogP contribution in [-0.4, -0.2) is 46.1 Å². The molecule has 1 amide bonds. The van der Waals surface area contributed by atoms with E-state index in [1.165, 1.54) is 0 Å². The van der Waals surface area contributed by atoms with Crippen molar-refractivity contribution in [1.82, 2.24) is 4.90 Å². The smallest absolute Gasteiger partial charge is 0.332 e. The van der Waals surface area contributed by atoms with Crippen LogP contribution in [0.5, 0.6) is 0 Å². The van der Waals surface area contributed by atoms with Gasteiger partial charge < -0.3 is 21.5 Å². The second-order valence-electron chi connectivity index (χ2n) is 7.33. The van der Waals surface area contributed by atoms with E-state index in [1.54, 1.807) is 11.0 Å². The summed E-state index contributed by atoms with van der Waals surface area (Å²) in [7, 11) is 0. The molecular weight excluding hydrogens is 318 g/mol. The van der Waals surface area contributed by atoms with Gasteiger partial charge in [0.15, 0.2) is 0 Å². The van der Waals surface area contributed by atoms with Crippen LogP contribution in [0, 0.1) is 0 Å². The number of carboxylic acid groups (broad SMARTS) is 1. The molecule has 3 rings (SSSR count). The van der Waals surface area contributed by atoms with Crippen LogP contribution < -0.4 is 11.5 Å². The van der Waals surface area contributed by atoms with Gasteiger partial charge in [-0.25, -0.2) is 4.79 Å². The van der Waals surface area contributed by atoms with Crippen molar-refractivity contribution in [1.29, 1.82) is 0 Å². The maximum atomic E-state index is 12.7. The largest absolute Gasteiger partial charge is 0.478 e. The van der Waals surface area contributed by atoms with Gasteiger partial charge in [0.25, 0.3) is 0 Å². The van der Waals surface area contributed by atoms with Crippen molar-refractivity contribution in [3.05, 3.63) is 41.5 Å². The summed E-state index contributed by atoms with van der Waals surface area (Å²) < 4.78 is 0. The first-order valence-electron chi connectivity index (χ1n) is 8.67.